The normalized spacial score (nSPS) is 18.6. The van der Waals surface area contributed by atoms with Crippen molar-refractivity contribution < 1.29 is 9.90 Å². The molecule has 88 valence electrons. The first-order valence-electron chi connectivity index (χ1n) is 5.62. The number of carboxylic acid groups (broad SMARTS) is 1. The maximum absolute atomic E-state index is 11.5. The molecule has 1 fully saturated rings. The Labute approximate surface area is 97.3 Å². The van der Waals surface area contributed by atoms with E-state index in [-0.39, 0.29) is 0 Å². The largest absolute Gasteiger partial charge is 0.481 e. The molecule has 0 atom stereocenters. The molecule has 0 aromatic carbocycles. The van der Waals surface area contributed by atoms with Crippen LogP contribution in [0.1, 0.15) is 31.2 Å². The van der Waals surface area contributed by atoms with Crippen molar-refractivity contribution in [1.82, 2.24) is 19.6 Å². The van der Waals surface area contributed by atoms with Crippen molar-refractivity contribution in [2.24, 2.45) is 0 Å². The van der Waals surface area contributed by atoms with Crippen molar-refractivity contribution in [1.29, 1.82) is 0 Å². The zero-order valence-electron chi connectivity index (χ0n) is 9.20. The Morgan fingerprint density at radius 2 is 2.12 bits per heavy atom. The third-order valence-corrected chi connectivity index (χ3v) is 3.55. The van der Waals surface area contributed by atoms with Crippen molar-refractivity contribution in [3.8, 4) is 0 Å². The SMILES string of the molecule is O=C(O)C1(c2cnc3ncnn3c2)CCCC1. The fourth-order valence-electron chi connectivity index (χ4n) is 2.57. The van der Waals surface area contributed by atoms with E-state index in [4.69, 9.17) is 0 Å². The summed E-state index contributed by atoms with van der Waals surface area (Å²) in [7, 11) is 0. The molecule has 2 aromatic rings. The van der Waals surface area contributed by atoms with Crippen LogP contribution in [0.25, 0.3) is 5.78 Å². The fourth-order valence-corrected chi connectivity index (χ4v) is 2.57. The molecule has 1 saturated carbocycles. The number of carbonyl (C=O) groups is 1. The van der Waals surface area contributed by atoms with Gasteiger partial charge in [-0.1, -0.05) is 12.8 Å². The number of carboxylic acids is 1. The lowest BCUT2D eigenvalue weighted by Gasteiger charge is -2.23. The second-order valence-electron chi connectivity index (χ2n) is 4.44. The second kappa shape index (κ2) is 3.51. The summed E-state index contributed by atoms with van der Waals surface area (Å²) in [6, 6.07) is 0. The van der Waals surface area contributed by atoms with Crippen LogP contribution in [0, 0.1) is 0 Å². The summed E-state index contributed by atoms with van der Waals surface area (Å²) in [4.78, 5) is 19.6. The average Bonchev–Trinajstić information content (AvgIpc) is 2.97. The Morgan fingerprint density at radius 1 is 1.35 bits per heavy atom. The molecule has 17 heavy (non-hydrogen) atoms. The summed E-state index contributed by atoms with van der Waals surface area (Å²) >= 11 is 0. The van der Waals surface area contributed by atoms with E-state index in [0.29, 0.717) is 18.6 Å². The quantitative estimate of drug-likeness (QED) is 0.836. The lowest BCUT2D eigenvalue weighted by Crippen LogP contribution is -2.33. The van der Waals surface area contributed by atoms with Gasteiger partial charge in [-0.3, -0.25) is 4.79 Å². The smallest absolute Gasteiger partial charge is 0.314 e. The van der Waals surface area contributed by atoms with Gasteiger partial charge >= 0.3 is 5.97 Å². The standard InChI is InChI=1S/C11H12N4O2/c16-9(17)11(3-1-2-4-11)8-5-12-10-13-7-14-15(10)6-8/h5-7H,1-4H2,(H,16,17). The van der Waals surface area contributed by atoms with Gasteiger partial charge in [0.1, 0.15) is 6.33 Å². The first kappa shape index (κ1) is 10.2. The highest BCUT2D eigenvalue weighted by molar-refractivity contribution is 5.81. The van der Waals surface area contributed by atoms with E-state index in [1.807, 2.05) is 0 Å². The third kappa shape index (κ3) is 1.40. The summed E-state index contributed by atoms with van der Waals surface area (Å²) < 4.78 is 1.53. The van der Waals surface area contributed by atoms with Crippen LogP contribution in [-0.4, -0.2) is 30.7 Å². The topological polar surface area (TPSA) is 80.4 Å². The Balaban J connectivity index is 2.14. The van der Waals surface area contributed by atoms with Crippen LogP contribution in [0.3, 0.4) is 0 Å². The van der Waals surface area contributed by atoms with Crippen LogP contribution in [0.5, 0.6) is 0 Å². The van der Waals surface area contributed by atoms with Crippen LogP contribution in [0.2, 0.25) is 0 Å². The molecule has 6 nitrogen and oxygen atoms in total. The molecule has 0 bridgehead atoms. The predicted molar refractivity (Wildman–Crippen MR) is 58.6 cm³/mol. The van der Waals surface area contributed by atoms with Crippen LogP contribution in [0.15, 0.2) is 18.7 Å². The molecule has 1 aliphatic carbocycles. The molecule has 1 N–H and O–H groups in total. The van der Waals surface area contributed by atoms with Crippen LogP contribution >= 0.6 is 0 Å². The Bertz CT molecular complexity index is 572. The maximum atomic E-state index is 11.5. The summed E-state index contributed by atoms with van der Waals surface area (Å²) in [6.07, 6.45) is 7.99. The summed E-state index contributed by atoms with van der Waals surface area (Å²) in [6.45, 7) is 0. The van der Waals surface area contributed by atoms with Gasteiger partial charge in [0.2, 0.25) is 0 Å². The van der Waals surface area contributed by atoms with Gasteiger partial charge in [0.15, 0.2) is 0 Å². The van der Waals surface area contributed by atoms with Gasteiger partial charge in [-0.15, -0.1) is 0 Å². The third-order valence-electron chi connectivity index (χ3n) is 3.55. The van der Waals surface area contributed by atoms with E-state index < -0.39 is 11.4 Å². The Hall–Kier alpha value is -1.98. The number of aliphatic carboxylic acids is 1. The van der Waals surface area contributed by atoms with Crippen LogP contribution in [0.4, 0.5) is 0 Å². The molecule has 0 saturated heterocycles. The van der Waals surface area contributed by atoms with Gasteiger partial charge in [0.05, 0.1) is 5.41 Å². The van der Waals surface area contributed by atoms with Gasteiger partial charge in [-0.05, 0) is 12.8 Å². The predicted octanol–water partition coefficient (Wildman–Crippen LogP) is 1.02. The number of nitrogens with zero attached hydrogens (tertiary/aromatic N) is 4. The molecule has 2 heterocycles. The zero-order chi connectivity index (χ0) is 11.9. The van der Waals surface area contributed by atoms with Gasteiger partial charge in [0.25, 0.3) is 5.78 Å². The number of hydrogen-bond donors (Lipinski definition) is 1. The minimum atomic E-state index is -0.785. The van der Waals surface area contributed by atoms with Gasteiger partial charge < -0.3 is 5.11 Å². The molecule has 0 radical (unpaired) electrons. The highest BCUT2D eigenvalue weighted by atomic mass is 16.4. The molecule has 2 aromatic heterocycles. The summed E-state index contributed by atoms with van der Waals surface area (Å²) in [5.74, 6) is -0.274. The molecule has 6 heteroatoms. The van der Waals surface area contributed by atoms with Crippen molar-refractivity contribution in [3.63, 3.8) is 0 Å². The molecule has 1 aliphatic rings. The van der Waals surface area contributed by atoms with Crippen LogP contribution < -0.4 is 0 Å². The maximum Gasteiger partial charge on any atom is 0.314 e. The lowest BCUT2D eigenvalue weighted by molar-refractivity contribution is -0.143. The molecular formula is C11H12N4O2. The van der Waals surface area contributed by atoms with E-state index in [1.54, 1.807) is 12.4 Å². The van der Waals surface area contributed by atoms with Gasteiger partial charge in [-0.2, -0.15) is 10.1 Å². The molecular weight excluding hydrogens is 220 g/mol. The molecule has 3 rings (SSSR count). The Kier molecular flexibility index (Phi) is 2.10. The molecule has 0 spiro atoms. The average molecular weight is 232 g/mol. The number of aromatic nitrogens is 4. The fraction of sp³-hybridized carbons (Fsp3) is 0.455. The van der Waals surface area contributed by atoms with E-state index in [1.165, 1.54) is 10.8 Å². The van der Waals surface area contributed by atoms with E-state index in [0.717, 1.165) is 18.4 Å². The van der Waals surface area contributed by atoms with Gasteiger partial charge in [0, 0.05) is 18.0 Å². The molecule has 0 unspecified atom stereocenters. The minimum Gasteiger partial charge on any atom is -0.481 e. The van der Waals surface area contributed by atoms with Crippen molar-refractivity contribution >= 4 is 11.7 Å². The molecule has 0 amide bonds. The lowest BCUT2D eigenvalue weighted by atomic mass is 9.80. The summed E-state index contributed by atoms with van der Waals surface area (Å²) in [5.41, 5.74) is -0.0619. The Morgan fingerprint density at radius 3 is 2.82 bits per heavy atom. The summed E-state index contributed by atoms with van der Waals surface area (Å²) in [5, 5.41) is 13.5. The van der Waals surface area contributed by atoms with E-state index >= 15 is 0 Å². The number of rotatable bonds is 2. The highest BCUT2D eigenvalue weighted by Crippen LogP contribution is 2.40. The minimum absolute atomic E-state index is 0.493. The van der Waals surface area contributed by atoms with Crippen molar-refractivity contribution in [3.05, 3.63) is 24.3 Å². The van der Waals surface area contributed by atoms with Crippen LogP contribution in [-0.2, 0) is 10.2 Å². The van der Waals surface area contributed by atoms with E-state index in [9.17, 15) is 9.90 Å². The monoisotopic (exact) mass is 232 g/mol. The highest BCUT2D eigenvalue weighted by Gasteiger charge is 2.43. The molecule has 0 aliphatic heterocycles. The van der Waals surface area contributed by atoms with Gasteiger partial charge in [-0.25, -0.2) is 9.50 Å². The van der Waals surface area contributed by atoms with Crippen molar-refractivity contribution in [2.45, 2.75) is 31.1 Å². The first-order valence-corrected chi connectivity index (χ1v) is 5.62. The number of fused-ring (bicyclic) bond motifs is 1. The zero-order valence-corrected chi connectivity index (χ0v) is 9.20. The first-order chi connectivity index (χ1) is 8.22. The van der Waals surface area contributed by atoms with Crippen molar-refractivity contribution in [2.75, 3.05) is 0 Å². The number of hydrogen-bond acceptors (Lipinski definition) is 4. The van der Waals surface area contributed by atoms with E-state index in [2.05, 4.69) is 15.1 Å². The second-order valence-corrected chi connectivity index (χ2v) is 4.44.